The van der Waals surface area contributed by atoms with E-state index in [9.17, 15) is 4.79 Å². The average molecular weight is 421 g/mol. The molecule has 1 amide bonds. The molecule has 1 aliphatic heterocycles. The van der Waals surface area contributed by atoms with Crippen molar-refractivity contribution in [1.29, 1.82) is 0 Å². The number of methoxy groups -OCH3 is 1. The fraction of sp³-hybridized carbons (Fsp3) is 0.292. The van der Waals surface area contributed by atoms with E-state index in [1.807, 2.05) is 43.3 Å². The molecule has 1 saturated heterocycles. The summed E-state index contributed by atoms with van der Waals surface area (Å²) < 4.78 is 11.6. The number of carbonyl (C=O) groups is 1. The number of nitrogens with one attached hydrogen (secondary N) is 1. The van der Waals surface area contributed by atoms with Crippen LogP contribution in [0.25, 0.3) is 21.9 Å². The van der Waals surface area contributed by atoms with E-state index >= 15 is 0 Å². The van der Waals surface area contributed by atoms with E-state index in [0.29, 0.717) is 17.5 Å². The maximum absolute atomic E-state index is 13.2. The fourth-order valence-corrected chi connectivity index (χ4v) is 5.33. The smallest absolute Gasteiger partial charge is 0.241 e. The largest absolute Gasteiger partial charge is 0.495 e. The van der Waals surface area contributed by atoms with Crippen LogP contribution >= 0.6 is 11.3 Å². The zero-order valence-electron chi connectivity index (χ0n) is 17.1. The number of amides is 1. The minimum absolute atomic E-state index is 0.0350. The summed E-state index contributed by atoms with van der Waals surface area (Å²) >= 11 is 1.76. The number of carbonyl (C=O) groups excluding carboxylic acids is 1. The highest BCUT2D eigenvalue weighted by Crippen LogP contribution is 2.38. The topological polar surface area (TPSA) is 54.7 Å². The van der Waals surface area contributed by atoms with Gasteiger partial charge in [-0.05, 0) is 49.9 Å². The summed E-state index contributed by atoms with van der Waals surface area (Å²) in [6.07, 6.45) is 2.20. The van der Waals surface area contributed by atoms with E-state index in [0.717, 1.165) is 41.3 Å². The van der Waals surface area contributed by atoms with E-state index < -0.39 is 0 Å². The van der Waals surface area contributed by atoms with E-state index in [1.54, 1.807) is 18.4 Å². The van der Waals surface area contributed by atoms with Crippen molar-refractivity contribution in [3.63, 3.8) is 0 Å². The molecule has 5 rings (SSSR count). The molecule has 0 bridgehead atoms. The van der Waals surface area contributed by atoms with Gasteiger partial charge >= 0.3 is 0 Å². The van der Waals surface area contributed by atoms with Crippen LogP contribution in [-0.2, 0) is 4.79 Å². The average Bonchev–Trinajstić information content (AvgIpc) is 3.51. The first-order chi connectivity index (χ1) is 14.7. The second-order valence-corrected chi connectivity index (χ2v) is 8.70. The van der Waals surface area contributed by atoms with Crippen LogP contribution in [0.3, 0.4) is 0 Å². The normalized spacial score (nSPS) is 18.1. The first-order valence-electron chi connectivity index (χ1n) is 10.2. The van der Waals surface area contributed by atoms with Crippen LogP contribution in [0.4, 0.5) is 5.69 Å². The van der Waals surface area contributed by atoms with Gasteiger partial charge in [-0.3, -0.25) is 9.69 Å². The number of fused-ring (bicyclic) bond motifs is 3. The summed E-state index contributed by atoms with van der Waals surface area (Å²) in [4.78, 5) is 16.8. The summed E-state index contributed by atoms with van der Waals surface area (Å²) in [5.41, 5.74) is 2.19. The Labute approximate surface area is 179 Å². The highest BCUT2D eigenvalue weighted by atomic mass is 32.1. The van der Waals surface area contributed by atoms with Crippen LogP contribution in [-0.4, -0.2) is 30.5 Å². The molecule has 6 heteroatoms. The highest BCUT2D eigenvalue weighted by molar-refractivity contribution is 7.10. The number of likely N-dealkylation sites (tertiary alicyclic amines) is 1. The quantitative estimate of drug-likeness (QED) is 0.442. The number of anilines is 1. The van der Waals surface area contributed by atoms with E-state index in [-0.39, 0.29) is 11.9 Å². The standard InChI is InChI=1S/C24H24N2O3S/c1-15(26-11-5-8-19(26)23-10-6-12-30-23)24(27)25-18-14-21-17(13-22(18)28-2)16-7-3-4-9-20(16)29-21/h3-4,6-7,9-10,12-15,19H,5,8,11H2,1-2H3,(H,25,27)/t15-,19+/m0/s1. The zero-order chi connectivity index (χ0) is 20.7. The van der Waals surface area contributed by atoms with Crippen molar-refractivity contribution in [3.05, 3.63) is 58.8 Å². The number of benzene rings is 2. The van der Waals surface area contributed by atoms with Crippen molar-refractivity contribution in [2.45, 2.75) is 31.8 Å². The zero-order valence-corrected chi connectivity index (χ0v) is 17.9. The molecule has 0 aliphatic carbocycles. The Morgan fingerprint density at radius 3 is 2.87 bits per heavy atom. The van der Waals surface area contributed by atoms with Gasteiger partial charge in [-0.25, -0.2) is 0 Å². The highest BCUT2D eigenvalue weighted by Gasteiger charge is 2.33. The number of hydrogen-bond donors (Lipinski definition) is 1. The van der Waals surface area contributed by atoms with E-state index in [4.69, 9.17) is 9.15 Å². The Balaban J connectivity index is 1.43. The van der Waals surface area contributed by atoms with E-state index in [1.165, 1.54) is 4.88 Å². The third-order valence-corrected chi connectivity index (χ3v) is 6.97. The number of furan rings is 1. The number of thiophene rings is 1. The maximum atomic E-state index is 13.2. The first kappa shape index (κ1) is 19.2. The number of rotatable bonds is 5. The lowest BCUT2D eigenvalue weighted by Gasteiger charge is -2.29. The molecule has 2 aromatic heterocycles. The molecule has 1 fully saturated rings. The lowest BCUT2D eigenvalue weighted by molar-refractivity contribution is -0.121. The molecule has 154 valence electrons. The summed E-state index contributed by atoms with van der Waals surface area (Å²) in [5, 5.41) is 7.19. The van der Waals surface area contributed by atoms with Gasteiger partial charge < -0.3 is 14.5 Å². The monoisotopic (exact) mass is 420 g/mol. The first-order valence-corrected chi connectivity index (χ1v) is 11.1. The molecular weight excluding hydrogens is 396 g/mol. The molecule has 30 heavy (non-hydrogen) atoms. The molecule has 1 aliphatic rings. The molecule has 0 spiro atoms. The molecule has 3 heterocycles. The summed E-state index contributed by atoms with van der Waals surface area (Å²) in [6.45, 7) is 2.91. The van der Waals surface area contributed by atoms with Gasteiger partial charge in [-0.15, -0.1) is 11.3 Å². The second-order valence-electron chi connectivity index (χ2n) is 7.72. The van der Waals surface area contributed by atoms with Crippen molar-refractivity contribution in [2.24, 2.45) is 0 Å². The second kappa shape index (κ2) is 7.78. The van der Waals surface area contributed by atoms with Crippen LogP contribution in [0.1, 0.15) is 30.7 Å². The Bertz CT molecular complexity index is 1200. The van der Waals surface area contributed by atoms with Crippen molar-refractivity contribution < 1.29 is 13.9 Å². The Morgan fingerprint density at radius 1 is 1.20 bits per heavy atom. The SMILES string of the molecule is COc1cc2c(cc1NC(=O)[C@H](C)N1CCC[C@@H]1c1cccs1)oc1ccccc12. The van der Waals surface area contributed by atoms with Gasteiger partial charge in [0.05, 0.1) is 18.8 Å². The van der Waals surface area contributed by atoms with Gasteiger partial charge in [-0.1, -0.05) is 24.3 Å². The van der Waals surface area contributed by atoms with Crippen molar-refractivity contribution in [2.75, 3.05) is 19.0 Å². The third kappa shape index (κ3) is 3.26. The predicted octanol–water partition coefficient (Wildman–Crippen LogP) is 5.82. The molecule has 2 atom stereocenters. The molecule has 4 aromatic rings. The van der Waals surface area contributed by atoms with Gasteiger partial charge in [-0.2, -0.15) is 0 Å². The predicted molar refractivity (Wildman–Crippen MR) is 121 cm³/mol. The van der Waals surface area contributed by atoms with Crippen LogP contribution in [0.15, 0.2) is 58.3 Å². The van der Waals surface area contributed by atoms with Crippen molar-refractivity contribution in [1.82, 2.24) is 4.90 Å². The number of ether oxygens (including phenoxy) is 1. The number of nitrogens with zero attached hydrogens (tertiary/aromatic N) is 1. The van der Waals surface area contributed by atoms with Crippen molar-refractivity contribution in [3.8, 4) is 5.75 Å². The minimum atomic E-state index is -0.240. The molecule has 0 unspecified atom stereocenters. The molecule has 0 saturated carbocycles. The van der Waals surface area contributed by atoms with Gasteiger partial charge in [0, 0.05) is 27.8 Å². The van der Waals surface area contributed by atoms with Gasteiger partial charge in [0.25, 0.3) is 0 Å². The molecule has 1 N–H and O–H groups in total. The van der Waals surface area contributed by atoms with Gasteiger partial charge in [0.2, 0.25) is 5.91 Å². The number of para-hydroxylation sites is 1. The summed E-state index contributed by atoms with van der Waals surface area (Å²) in [5.74, 6) is 0.595. The molecule has 5 nitrogen and oxygen atoms in total. The fourth-order valence-electron chi connectivity index (χ4n) is 4.44. The Kier molecular flexibility index (Phi) is 4.97. The minimum Gasteiger partial charge on any atom is -0.495 e. The van der Waals surface area contributed by atoms with E-state index in [2.05, 4.69) is 27.7 Å². The molecular formula is C24H24N2O3S. The molecule has 2 aromatic carbocycles. The van der Waals surface area contributed by atoms with Gasteiger partial charge in [0.1, 0.15) is 16.9 Å². The summed E-state index contributed by atoms with van der Waals surface area (Å²) in [6, 6.07) is 16.0. The third-order valence-electron chi connectivity index (χ3n) is 6.00. The Morgan fingerprint density at radius 2 is 2.07 bits per heavy atom. The molecule has 0 radical (unpaired) electrons. The van der Waals surface area contributed by atoms with Crippen LogP contribution in [0.5, 0.6) is 5.75 Å². The van der Waals surface area contributed by atoms with Gasteiger partial charge in [0.15, 0.2) is 0 Å². The maximum Gasteiger partial charge on any atom is 0.241 e. The van der Waals surface area contributed by atoms with Crippen LogP contribution in [0.2, 0.25) is 0 Å². The van der Waals surface area contributed by atoms with Crippen LogP contribution < -0.4 is 10.1 Å². The van der Waals surface area contributed by atoms with Crippen LogP contribution in [0, 0.1) is 0 Å². The van der Waals surface area contributed by atoms with Crippen molar-refractivity contribution >= 4 is 44.9 Å². The lowest BCUT2D eigenvalue weighted by atomic mass is 10.1. The number of hydrogen-bond acceptors (Lipinski definition) is 5. The Hall–Kier alpha value is -2.83. The summed E-state index contributed by atoms with van der Waals surface area (Å²) in [7, 11) is 1.62. The lowest BCUT2D eigenvalue weighted by Crippen LogP contribution is -2.41.